The molecule has 0 radical (unpaired) electrons. The maximum Gasteiger partial charge on any atom is 0.320 e. The van der Waals surface area contributed by atoms with Crippen LogP contribution >= 0.6 is 0 Å². The second kappa shape index (κ2) is 5.80. The molecular weight excluding hydrogens is 302 g/mol. The molecule has 3 aliphatic heterocycles. The van der Waals surface area contributed by atoms with Gasteiger partial charge in [-0.05, 0) is 38.3 Å². The third-order valence-electron chi connectivity index (χ3n) is 5.75. The van der Waals surface area contributed by atoms with Crippen LogP contribution in [0.1, 0.15) is 31.2 Å². The van der Waals surface area contributed by atoms with Gasteiger partial charge in [0.1, 0.15) is 0 Å². The van der Waals surface area contributed by atoms with Crippen LogP contribution in [0.15, 0.2) is 24.3 Å². The van der Waals surface area contributed by atoms with Gasteiger partial charge in [0.05, 0.1) is 0 Å². The molecule has 3 amide bonds. The lowest BCUT2D eigenvalue weighted by Gasteiger charge is -2.27. The number of benzene rings is 1. The Morgan fingerprint density at radius 2 is 1.71 bits per heavy atom. The Morgan fingerprint density at radius 3 is 2.42 bits per heavy atom. The lowest BCUT2D eigenvalue weighted by molar-refractivity contribution is -0.117. The summed E-state index contributed by atoms with van der Waals surface area (Å²) in [5, 5.41) is 0. The number of hydrogen-bond donors (Lipinski definition) is 0. The van der Waals surface area contributed by atoms with Crippen LogP contribution in [-0.4, -0.2) is 54.5 Å². The second-order valence-corrected chi connectivity index (χ2v) is 7.64. The molecule has 4 rings (SSSR count). The predicted molar refractivity (Wildman–Crippen MR) is 93.0 cm³/mol. The van der Waals surface area contributed by atoms with Crippen molar-refractivity contribution in [2.75, 3.05) is 37.6 Å². The molecule has 0 bridgehead atoms. The maximum absolute atomic E-state index is 12.6. The highest BCUT2D eigenvalue weighted by Gasteiger charge is 2.49. The minimum atomic E-state index is -0.0582. The first-order chi connectivity index (χ1) is 11.6. The number of carbonyl (C=O) groups excluding carboxylic acids is 2. The quantitative estimate of drug-likeness (QED) is 0.796. The predicted octanol–water partition coefficient (Wildman–Crippen LogP) is 2.64. The first-order valence-electron chi connectivity index (χ1n) is 8.97. The summed E-state index contributed by atoms with van der Waals surface area (Å²) >= 11 is 0. The summed E-state index contributed by atoms with van der Waals surface area (Å²) in [6.07, 6.45) is 3.72. The van der Waals surface area contributed by atoms with E-state index in [0.717, 1.165) is 57.7 Å². The first-order valence-corrected chi connectivity index (χ1v) is 8.97. The highest BCUT2D eigenvalue weighted by atomic mass is 16.2. The zero-order valence-corrected chi connectivity index (χ0v) is 14.3. The molecule has 0 aliphatic carbocycles. The molecule has 1 aromatic rings. The van der Waals surface area contributed by atoms with Crippen LogP contribution < -0.4 is 4.90 Å². The molecule has 3 heterocycles. The van der Waals surface area contributed by atoms with Gasteiger partial charge in [0.25, 0.3) is 0 Å². The standard InChI is InChI=1S/C19H25N3O2/c1-15-4-6-16(7-5-15)22-14-19(12-17(22)23)8-11-21(13-19)18(24)20-9-2-3-10-20/h4-7H,2-3,8-14H2,1H3. The molecular formula is C19H25N3O2. The van der Waals surface area contributed by atoms with Crippen LogP contribution in [0.4, 0.5) is 10.5 Å². The van der Waals surface area contributed by atoms with Crippen molar-refractivity contribution in [1.82, 2.24) is 9.80 Å². The molecule has 3 aliphatic rings. The van der Waals surface area contributed by atoms with Gasteiger partial charge in [-0.25, -0.2) is 4.79 Å². The summed E-state index contributed by atoms with van der Waals surface area (Å²) in [5.41, 5.74) is 2.12. The Bertz CT molecular complexity index is 651. The largest absolute Gasteiger partial charge is 0.325 e. The summed E-state index contributed by atoms with van der Waals surface area (Å²) < 4.78 is 0. The number of aryl methyl sites for hydroxylation is 1. The Kier molecular flexibility index (Phi) is 3.74. The maximum atomic E-state index is 12.6. The molecule has 0 N–H and O–H groups in total. The highest BCUT2D eigenvalue weighted by molar-refractivity contribution is 5.96. The molecule has 1 atom stereocenters. The van der Waals surface area contributed by atoms with Crippen molar-refractivity contribution in [2.24, 2.45) is 5.41 Å². The number of urea groups is 1. The summed E-state index contributed by atoms with van der Waals surface area (Å²) in [6.45, 7) is 6.06. The fourth-order valence-electron chi connectivity index (χ4n) is 4.34. The van der Waals surface area contributed by atoms with Crippen molar-refractivity contribution < 1.29 is 9.59 Å². The Labute approximate surface area is 143 Å². The van der Waals surface area contributed by atoms with Crippen LogP contribution in [0.2, 0.25) is 0 Å². The number of carbonyl (C=O) groups is 2. The lowest BCUT2D eigenvalue weighted by Crippen LogP contribution is -2.42. The van der Waals surface area contributed by atoms with E-state index in [-0.39, 0.29) is 17.4 Å². The van der Waals surface area contributed by atoms with Crippen LogP contribution in [0.5, 0.6) is 0 Å². The molecule has 5 heteroatoms. The van der Waals surface area contributed by atoms with E-state index >= 15 is 0 Å². The topological polar surface area (TPSA) is 43.9 Å². The zero-order chi connectivity index (χ0) is 16.7. The van der Waals surface area contributed by atoms with Crippen molar-refractivity contribution >= 4 is 17.6 Å². The summed E-state index contributed by atoms with van der Waals surface area (Å²) in [4.78, 5) is 31.0. The average molecular weight is 327 g/mol. The van der Waals surface area contributed by atoms with Gasteiger partial charge in [-0.3, -0.25) is 4.79 Å². The molecule has 3 saturated heterocycles. The molecule has 0 saturated carbocycles. The summed E-state index contributed by atoms with van der Waals surface area (Å²) in [5.74, 6) is 0.189. The van der Waals surface area contributed by atoms with Gasteiger partial charge >= 0.3 is 6.03 Å². The molecule has 3 fully saturated rings. The molecule has 0 aromatic heterocycles. The molecule has 1 spiro atoms. The van der Waals surface area contributed by atoms with Crippen LogP contribution in [0.25, 0.3) is 0 Å². The van der Waals surface area contributed by atoms with E-state index in [1.54, 1.807) is 0 Å². The van der Waals surface area contributed by atoms with Gasteiger partial charge in [0.2, 0.25) is 5.91 Å². The van der Waals surface area contributed by atoms with E-state index in [0.29, 0.717) is 6.42 Å². The van der Waals surface area contributed by atoms with Gasteiger partial charge in [-0.2, -0.15) is 0 Å². The zero-order valence-electron chi connectivity index (χ0n) is 14.3. The van der Waals surface area contributed by atoms with E-state index < -0.39 is 0 Å². The van der Waals surface area contributed by atoms with Crippen molar-refractivity contribution in [2.45, 2.75) is 32.6 Å². The molecule has 128 valence electrons. The van der Waals surface area contributed by atoms with Gasteiger partial charge in [-0.1, -0.05) is 17.7 Å². The van der Waals surface area contributed by atoms with E-state index in [2.05, 4.69) is 6.92 Å². The minimum absolute atomic E-state index is 0.0582. The van der Waals surface area contributed by atoms with Crippen molar-refractivity contribution in [3.63, 3.8) is 0 Å². The Hall–Kier alpha value is -2.04. The van der Waals surface area contributed by atoms with Crippen molar-refractivity contribution in [1.29, 1.82) is 0 Å². The third-order valence-corrected chi connectivity index (χ3v) is 5.75. The SMILES string of the molecule is Cc1ccc(N2CC3(CCN(C(=O)N4CCCC4)C3)CC2=O)cc1. The minimum Gasteiger partial charge on any atom is -0.325 e. The van der Waals surface area contributed by atoms with Crippen LogP contribution in [0, 0.1) is 12.3 Å². The van der Waals surface area contributed by atoms with Gasteiger partial charge in [0, 0.05) is 50.2 Å². The highest BCUT2D eigenvalue weighted by Crippen LogP contribution is 2.42. The number of nitrogens with zero attached hydrogens (tertiary/aromatic N) is 3. The van der Waals surface area contributed by atoms with Gasteiger partial charge < -0.3 is 14.7 Å². The number of likely N-dealkylation sites (tertiary alicyclic amines) is 2. The Balaban J connectivity index is 1.46. The average Bonchev–Trinajstić information content (AvgIpc) is 3.29. The summed E-state index contributed by atoms with van der Waals surface area (Å²) in [6, 6.07) is 8.31. The molecule has 1 unspecified atom stereocenters. The van der Waals surface area contributed by atoms with Crippen LogP contribution in [0.3, 0.4) is 0 Å². The number of amides is 3. The fraction of sp³-hybridized carbons (Fsp3) is 0.579. The smallest absolute Gasteiger partial charge is 0.320 e. The molecule has 1 aromatic carbocycles. The normalized spacial score (nSPS) is 26.9. The van der Waals surface area contributed by atoms with E-state index in [1.165, 1.54) is 5.56 Å². The fourth-order valence-corrected chi connectivity index (χ4v) is 4.34. The number of hydrogen-bond acceptors (Lipinski definition) is 2. The van der Waals surface area contributed by atoms with E-state index in [4.69, 9.17) is 0 Å². The van der Waals surface area contributed by atoms with Crippen molar-refractivity contribution in [3.05, 3.63) is 29.8 Å². The third kappa shape index (κ3) is 2.66. The summed E-state index contributed by atoms with van der Waals surface area (Å²) in [7, 11) is 0. The first kappa shape index (κ1) is 15.5. The van der Waals surface area contributed by atoms with Gasteiger partial charge in [-0.15, -0.1) is 0 Å². The van der Waals surface area contributed by atoms with Crippen molar-refractivity contribution in [3.8, 4) is 0 Å². The molecule has 24 heavy (non-hydrogen) atoms. The second-order valence-electron chi connectivity index (χ2n) is 7.64. The molecule has 5 nitrogen and oxygen atoms in total. The number of anilines is 1. The van der Waals surface area contributed by atoms with E-state index in [9.17, 15) is 9.59 Å². The van der Waals surface area contributed by atoms with Crippen LogP contribution in [-0.2, 0) is 4.79 Å². The van der Waals surface area contributed by atoms with E-state index in [1.807, 2.05) is 39.0 Å². The van der Waals surface area contributed by atoms with Gasteiger partial charge in [0.15, 0.2) is 0 Å². The number of rotatable bonds is 1. The monoisotopic (exact) mass is 327 g/mol. The Morgan fingerprint density at radius 1 is 1.00 bits per heavy atom. The lowest BCUT2D eigenvalue weighted by atomic mass is 9.86.